The highest BCUT2D eigenvalue weighted by atomic mass is 35.5. The Labute approximate surface area is 157 Å². The molecule has 4 rings (SSSR count). The second-order valence-electron chi connectivity index (χ2n) is 5.62. The lowest BCUT2D eigenvalue weighted by atomic mass is 10.1. The number of hydrogen-bond acceptors (Lipinski definition) is 2. The van der Waals surface area contributed by atoms with Crippen LogP contribution in [-0.2, 0) is 7.05 Å². The highest BCUT2D eigenvalue weighted by Crippen LogP contribution is 2.27. The van der Waals surface area contributed by atoms with Crippen molar-refractivity contribution in [2.24, 2.45) is 12.0 Å². The van der Waals surface area contributed by atoms with E-state index in [4.69, 9.17) is 23.2 Å². The van der Waals surface area contributed by atoms with E-state index in [1.807, 2.05) is 23.7 Å². The molecule has 0 bridgehead atoms. The maximum Gasteiger partial charge on any atom is 0.281 e. The minimum absolute atomic E-state index is 0.302. The summed E-state index contributed by atoms with van der Waals surface area (Å²) < 4.78 is 3.02. The number of thiazole rings is 1. The minimum Gasteiger partial charge on any atom is -0.319 e. The molecule has 0 saturated carbocycles. The normalized spacial score (nSPS) is 12.2. The molecule has 4 aromatic rings. The Hall–Kier alpha value is -2.14. The van der Waals surface area contributed by atoms with Crippen LogP contribution in [0.25, 0.3) is 21.0 Å². The Morgan fingerprint density at radius 3 is 2.72 bits per heavy atom. The number of rotatable bonds is 1. The van der Waals surface area contributed by atoms with Crippen molar-refractivity contribution in [2.45, 2.75) is 0 Å². The fourth-order valence-electron chi connectivity index (χ4n) is 2.83. The van der Waals surface area contributed by atoms with Gasteiger partial charge in [-0.1, -0.05) is 64.9 Å². The zero-order chi connectivity index (χ0) is 17.6. The maximum atomic E-state index is 12.6. The van der Waals surface area contributed by atoms with Gasteiger partial charge in [0.05, 0.1) is 20.8 Å². The second-order valence-corrected chi connectivity index (χ2v) is 7.47. The SMILES string of the molecule is Cn1c(=NC(=O)c2cc(Cl)ccc2Cl)sc2ccc3ccccc3c21. The quantitative estimate of drug-likeness (QED) is 0.428. The predicted molar refractivity (Wildman–Crippen MR) is 105 cm³/mol. The van der Waals surface area contributed by atoms with Gasteiger partial charge in [-0.05, 0) is 29.7 Å². The van der Waals surface area contributed by atoms with E-state index < -0.39 is 5.91 Å². The van der Waals surface area contributed by atoms with Gasteiger partial charge in [0, 0.05) is 17.5 Å². The summed E-state index contributed by atoms with van der Waals surface area (Å²) in [7, 11) is 1.91. The standard InChI is InChI=1S/C19H12Cl2N2OS/c1-23-17-13-5-3-2-4-11(13)6-9-16(17)25-19(23)22-18(24)14-10-12(20)7-8-15(14)21/h2-10H,1H3. The molecule has 0 saturated heterocycles. The number of nitrogens with zero attached hydrogens (tertiary/aromatic N) is 2. The number of benzene rings is 3. The smallest absolute Gasteiger partial charge is 0.281 e. The highest BCUT2D eigenvalue weighted by Gasteiger charge is 2.12. The average Bonchev–Trinajstić information content (AvgIpc) is 2.93. The Kier molecular flexibility index (Phi) is 4.12. The molecule has 0 aliphatic carbocycles. The van der Waals surface area contributed by atoms with Crippen LogP contribution in [0.15, 0.2) is 59.6 Å². The van der Waals surface area contributed by atoms with Gasteiger partial charge in [-0.25, -0.2) is 0 Å². The highest BCUT2D eigenvalue weighted by molar-refractivity contribution is 7.16. The Balaban J connectivity index is 1.93. The first-order valence-electron chi connectivity index (χ1n) is 7.56. The third-order valence-corrected chi connectivity index (χ3v) is 5.70. The molecule has 25 heavy (non-hydrogen) atoms. The van der Waals surface area contributed by atoms with E-state index in [1.165, 1.54) is 11.3 Å². The molecule has 0 aliphatic heterocycles. The molecule has 3 aromatic carbocycles. The van der Waals surface area contributed by atoms with Crippen molar-refractivity contribution >= 4 is 61.4 Å². The number of halogens is 2. The van der Waals surface area contributed by atoms with Crippen molar-refractivity contribution in [1.29, 1.82) is 0 Å². The lowest BCUT2D eigenvalue weighted by molar-refractivity contribution is 0.0998. The number of fused-ring (bicyclic) bond motifs is 3. The summed E-state index contributed by atoms with van der Waals surface area (Å²) in [6.45, 7) is 0. The van der Waals surface area contributed by atoms with Gasteiger partial charge in [-0.15, -0.1) is 0 Å². The van der Waals surface area contributed by atoms with Gasteiger partial charge in [-0.2, -0.15) is 4.99 Å². The lowest BCUT2D eigenvalue weighted by Gasteiger charge is -2.02. The van der Waals surface area contributed by atoms with Crippen LogP contribution in [0.1, 0.15) is 10.4 Å². The van der Waals surface area contributed by atoms with Crippen molar-refractivity contribution in [2.75, 3.05) is 0 Å². The number of amides is 1. The molecule has 124 valence electrons. The lowest BCUT2D eigenvalue weighted by Crippen LogP contribution is -2.13. The molecule has 0 unspecified atom stereocenters. The number of hydrogen-bond donors (Lipinski definition) is 0. The Morgan fingerprint density at radius 1 is 1.08 bits per heavy atom. The van der Waals surface area contributed by atoms with Crippen molar-refractivity contribution in [3.63, 3.8) is 0 Å². The van der Waals surface area contributed by atoms with E-state index in [1.54, 1.807) is 18.2 Å². The van der Waals surface area contributed by atoms with E-state index in [0.29, 0.717) is 20.4 Å². The third-order valence-electron chi connectivity index (χ3n) is 4.04. The summed E-state index contributed by atoms with van der Waals surface area (Å²) in [6, 6.07) is 17.1. The summed E-state index contributed by atoms with van der Waals surface area (Å²) in [5.41, 5.74) is 1.36. The number of carbonyl (C=O) groups is 1. The maximum absolute atomic E-state index is 12.6. The van der Waals surface area contributed by atoms with Gasteiger partial charge in [0.2, 0.25) is 0 Å². The van der Waals surface area contributed by atoms with Gasteiger partial charge in [0.15, 0.2) is 4.80 Å². The molecule has 1 amide bonds. The van der Waals surface area contributed by atoms with Crippen LogP contribution in [-0.4, -0.2) is 10.5 Å². The molecular weight excluding hydrogens is 375 g/mol. The summed E-state index contributed by atoms with van der Waals surface area (Å²) in [5, 5.41) is 3.08. The molecule has 3 nitrogen and oxygen atoms in total. The van der Waals surface area contributed by atoms with E-state index in [2.05, 4.69) is 29.3 Å². The van der Waals surface area contributed by atoms with Crippen LogP contribution in [0.2, 0.25) is 10.0 Å². The third kappa shape index (κ3) is 2.86. The summed E-state index contributed by atoms with van der Waals surface area (Å²) in [6.07, 6.45) is 0. The average molecular weight is 387 g/mol. The van der Waals surface area contributed by atoms with Gasteiger partial charge in [0.25, 0.3) is 5.91 Å². The molecule has 0 N–H and O–H groups in total. The van der Waals surface area contributed by atoms with Gasteiger partial charge >= 0.3 is 0 Å². The zero-order valence-electron chi connectivity index (χ0n) is 13.2. The fourth-order valence-corrected chi connectivity index (χ4v) is 4.24. The number of aryl methyl sites for hydroxylation is 1. The van der Waals surface area contributed by atoms with Crippen LogP contribution in [0.5, 0.6) is 0 Å². The molecule has 1 aromatic heterocycles. The first kappa shape index (κ1) is 16.3. The van der Waals surface area contributed by atoms with Crippen LogP contribution >= 0.6 is 34.5 Å². The molecule has 0 atom stereocenters. The zero-order valence-corrected chi connectivity index (χ0v) is 15.5. The van der Waals surface area contributed by atoms with Crippen LogP contribution in [0.3, 0.4) is 0 Å². The molecule has 0 spiro atoms. The van der Waals surface area contributed by atoms with Crippen LogP contribution < -0.4 is 4.80 Å². The summed E-state index contributed by atoms with van der Waals surface area (Å²) in [4.78, 5) is 17.5. The molecule has 1 heterocycles. The van der Waals surface area contributed by atoms with E-state index in [9.17, 15) is 4.79 Å². The molecule has 6 heteroatoms. The largest absolute Gasteiger partial charge is 0.319 e. The monoisotopic (exact) mass is 386 g/mol. The van der Waals surface area contributed by atoms with Gasteiger partial charge < -0.3 is 4.57 Å². The first-order chi connectivity index (χ1) is 12.0. The van der Waals surface area contributed by atoms with Crippen molar-refractivity contribution < 1.29 is 4.79 Å². The van der Waals surface area contributed by atoms with Crippen molar-refractivity contribution in [1.82, 2.24) is 4.57 Å². The number of carbonyl (C=O) groups excluding carboxylic acids is 1. The first-order valence-corrected chi connectivity index (χ1v) is 9.13. The number of aromatic nitrogens is 1. The molecule has 0 radical (unpaired) electrons. The minimum atomic E-state index is -0.404. The van der Waals surface area contributed by atoms with E-state index >= 15 is 0 Å². The predicted octanol–water partition coefficient (Wildman–Crippen LogP) is 5.44. The fraction of sp³-hybridized carbons (Fsp3) is 0.0526. The second kappa shape index (κ2) is 6.30. The Bertz CT molecular complexity index is 1210. The summed E-state index contributed by atoms with van der Waals surface area (Å²) in [5.74, 6) is -0.404. The van der Waals surface area contributed by atoms with Crippen LogP contribution in [0.4, 0.5) is 0 Å². The molecular formula is C19H12Cl2N2OS. The Morgan fingerprint density at radius 2 is 1.88 bits per heavy atom. The van der Waals surface area contributed by atoms with Crippen LogP contribution in [0, 0.1) is 0 Å². The van der Waals surface area contributed by atoms with Gasteiger partial charge in [-0.3, -0.25) is 4.79 Å². The molecule has 0 fully saturated rings. The summed E-state index contributed by atoms with van der Waals surface area (Å²) >= 11 is 13.6. The van der Waals surface area contributed by atoms with E-state index in [-0.39, 0.29) is 0 Å². The van der Waals surface area contributed by atoms with Gasteiger partial charge in [0.1, 0.15) is 0 Å². The van der Waals surface area contributed by atoms with Crippen molar-refractivity contribution in [3.05, 3.63) is 75.0 Å². The molecule has 0 aliphatic rings. The van der Waals surface area contributed by atoms with Crippen molar-refractivity contribution in [3.8, 4) is 0 Å². The topological polar surface area (TPSA) is 34.4 Å². The van der Waals surface area contributed by atoms with E-state index in [0.717, 1.165) is 21.0 Å².